The number of aromatic nitrogens is 2. The zero-order chi connectivity index (χ0) is 11.4. The van der Waals surface area contributed by atoms with Gasteiger partial charge in [-0.15, -0.1) is 11.3 Å². The fourth-order valence-electron chi connectivity index (χ4n) is 1.64. The first kappa shape index (κ1) is 11.4. The molecule has 2 aromatic heterocycles. The van der Waals surface area contributed by atoms with Gasteiger partial charge in [0.1, 0.15) is 0 Å². The molecule has 0 aliphatic carbocycles. The maximum Gasteiger partial charge on any atom is 0.0752 e. The van der Waals surface area contributed by atoms with E-state index in [0.717, 1.165) is 25.3 Å². The Morgan fingerprint density at radius 1 is 1.50 bits per heavy atom. The molecule has 3 nitrogen and oxygen atoms in total. The minimum absolute atomic E-state index is 0.880. The van der Waals surface area contributed by atoms with E-state index in [1.54, 1.807) is 11.3 Å². The van der Waals surface area contributed by atoms with Gasteiger partial charge in [-0.05, 0) is 24.9 Å². The van der Waals surface area contributed by atoms with Gasteiger partial charge in [0.05, 0.1) is 12.2 Å². The molecule has 0 aromatic carbocycles. The third-order valence-electron chi connectivity index (χ3n) is 2.51. The van der Waals surface area contributed by atoms with E-state index in [1.807, 2.05) is 4.68 Å². The van der Waals surface area contributed by atoms with Crippen LogP contribution >= 0.6 is 11.3 Å². The summed E-state index contributed by atoms with van der Waals surface area (Å²) in [6.45, 7) is 6.97. The number of thiophene rings is 1. The van der Waals surface area contributed by atoms with Gasteiger partial charge in [0.2, 0.25) is 0 Å². The van der Waals surface area contributed by atoms with Crippen molar-refractivity contribution in [3.63, 3.8) is 0 Å². The molecule has 2 rings (SSSR count). The van der Waals surface area contributed by atoms with Crippen LogP contribution in [0.5, 0.6) is 0 Å². The van der Waals surface area contributed by atoms with Crippen LogP contribution in [0.25, 0.3) is 0 Å². The summed E-state index contributed by atoms with van der Waals surface area (Å²) in [6.07, 6.45) is 2.14. The minimum Gasteiger partial charge on any atom is -0.313 e. The van der Waals surface area contributed by atoms with Crippen molar-refractivity contribution >= 4 is 11.3 Å². The van der Waals surface area contributed by atoms with Crippen LogP contribution in [0.1, 0.15) is 23.1 Å². The maximum atomic E-state index is 4.52. The molecule has 16 heavy (non-hydrogen) atoms. The highest BCUT2D eigenvalue weighted by molar-refractivity contribution is 7.09. The molecule has 2 heterocycles. The Morgan fingerprint density at radius 3 is 3.06 bits per heavy atom. The van der Waals surface area contributed by atoms with Gasteiger partial charge in [-0.3, -0.25) is 4.68 Å². The average Bonchev–Trinajstić information content (AvgIpc) is 2.86. The van der Waals surface area contributed by atoms with Crippen molar-refractivity contribution in [1.82, 2.24) is 15.1 Å². The van der Waals surface area contributed by atoms with Crippen LogP contribution in [-0.4, -0.2) is 16.3 Å². The van der Waals surface area contributed by atoms with E-state index in [4.69, 9.17) is 0 Å². The molecule has 0 spiro atoms. The summed E-state index contributed by atoms with van der Waals surface area (Å²) in [5.74, 6) is 0. The summed E-state index contributed by atoms with van der Waals surface area (Å²) in [5.41, 5.74) is 2.41. The topological polar surface area (TPSA) is 29.9 Å². The number of aryl methyl sites for hydroxylation is 1. The highest BCUT2D eigenvalue weighted by Gasteiger charge is 2.04. The molecule has 0 amide bonds. The zero-order valence-corrected chi connectivity index (χ0v) is 10.5. The molecule has 1 N–H and O–H groups in total. The van der Waals surface area contributed by atoms with Gasteiger partial charge in [0.25, 0.3) is 0 Å². The SMILES string of the molecule is CCNCc1cn(Cc2cccs2)nc1C. The quantitative estimate of drug-likeness (QED) is 0.862. The Labute approximate surface area is 100 Å². The van der Waals surface area contributed by atoms with E-state index >= 15 is 0 Å². The standard InChI is InChI=1S/C12H17N3S/c1-3-13-7-11-8-15(14-10(11)2)9-12-5-4-6-16-12/h4-6,8,13H,3,7,9H2,1-2H3. The van der Waals surface area contributed by atoms with E-state index in [-0.39, 0.29) is 0 Å². The molecule has 0 bridgehead atoms. The number of hydrogen-bond donors (Lipinski definition) is 1. The number of hydrogen-bond acceptors (Lipinski definition) is 3. The van der Waals surface area contributed by atoms with E-state index in [1.165, 1.54) is 10.4 Å². The van der Waals surface area contributed by atoms with Crippen LogP contribution < -0.4 is 5.32 Å². The van der Waals surface area contributed by atoms with Gasteiger partial charge < -0.3 is 5.32 Å². The van der Waals surface area contributed by atoms with Gasteiger partial charge in [-0.25, -0.2) is 0 Å². The van der Waals surface area contributed by atoms with Crippen LogP contribution in [0.15, 0.2) is 23.7 Å². The lowest BCUT2D eigenvalue weighted by molar-refractivity contribution is 0.685. The Bertz CT molecular complexity index is 431. The Kier molecular flexibility index (Phi) is 3.74. The summed E-state index contributed by atoms with van der Waals surface area (Å²) < 4.78 is 2.02. The molecule has 0 saturated carbocycles. The Morgan fingerprint density at radius 2 is 2.38 bits per heavy atom. The Hall–Kier alpha value is -1.13. The second-order valence-corrected chi connectivity index (χ2v) is 4.83. The first-order valence-corrected chi connectivity index (χ1v) is 6.43. The van der Waals surface area contributed by atoms with Gasteiger partial charge in [-0.1, -0.05) is 13.0 Å². The molecule has 0 fully saturated rings. The minimum atomic E-state index is 0.880. The van der Waals surface area contributed by atoms with E-state index < -0.39 is 0 Å². The van der Waals surface area contributed by atoms with E-state index in [2.05, 4.69) is 48.0 Å². The summed E-state index contributed by atoms with van der Waals surface area (Å²) in [5, 5.41) is 9.95. The monoisotopic (exact) mass is 235 g/mol. The van der Waals surface area contributed by atoms with Crippen molar-refractivity contribution in [2.45, 2.75) is 26.9 Å². The summed E-state index contributed by atoms with van der Waals surface area (Å²) in [6, 6.07) is 4.22. The lowest BCUT2D eigenvalue weighted by atomic mass is 10.2. The molecule has 2 aromatic rings. The fraction of sp³-hybridized carbons (Fsp3) is 0.417. The lowest BCUT2D eigenvalue weighted by Gasteiger charge is -1.98. The largest absolute Gasteiger partial charge is 0.313 e. The van der Waals surface area contributed by atoms with E-state index in [0.29, 0.717) is 0 Å². The second kappa shape index (κ2) is 5.27. The van der Waals surface area contributed by atoms with Crippen LogP contribution in [-0.2, 0) is 13.1 Å². The smallest absolute Gasteiger partial charge is 0.0752 e. The molecule has 4 heteroatoms. The molecule has 0 aliphatic rings. The lowest BCUT2D eigenvalue weighted by Crippen LogP contribution is -2.11. The van der Waals surface area contributed by atoms with Gasteiger partial charge in [0, 0.05) is 23.2 Å². The summed E-state index contributed by atoms with van der Waals surface area (Å²) >= 11 is 1.77. The number of nitrogens with one attached hydrogen (secondary N) is 1. The first-order chi connectivity index (χ1) is 7.79. The van der Waals surface area contributed by atoms with Crippen molar-refractivity contribution in [3.8, 4) is 0 Å². The van der Waals surface area contributed by atoms with Crippen LogP contribution in [0.4, 0.5) is 0 Å². The molecule has 0 radical (unpaired) electrons. The number of nitrogens with zero attached hydrogens (tertiary/aromatic N) is 2. The summed E-state index contributed by atoms with van der Waals surface area (Å²) in [7, 11) is 0. The third kappa shape index (κ3) is 2.71. The van der Waals surface area contributed by atoms with Crippen LogP contribution in [0.2, 0.25) is 0 Å². The highest BCUT2D eigenvalue weighted by atomic mass is 32.1. The molecule has 0 atom stereocenters. The molecule has 0 saturated heterocycles. The second-order valence-electron chi connectivity index (χ2n) is 3.80. The van der Waals surface area contributed by atoms with Crippen molar-refractivity contribution in [2.75, 3.05) is 6.54 Å². The first-order valence-electron chi connectivity index (χ1n) is 5.55. The predicted octanol–water partition coefficient (Wildman–Crippen LogP) is 2.41. The van der Waals surface area contributed by atoms with Crippen LogP contribution in [0.3, 0.4) is 0 Å². The average molecular weight is 235 g/mol. The van der Waals surface area contributed by atoms with Gasteiger partial charge >= 0.3 is 0 Å². The predicted molar refractivity (Wildman–Crippen MR) is 67.8 cm³/mol. The fourth-order valence-corrected chi connectivity index (χ4v) is 2.33. The molecule has 0 unspecified atom stereocenters. The third-order valence-corrected chi connectivity index (χ3v) is 3.37. The van der Waals surface area contributed by atoms with Gasteiger partial charge in [-0.2, -0.15) is 5.10 Å². The maximum absolute atomic E-state index is 4.52. The molecular formula is C12H17N3S. The van der Waals surface area contributed by atoms with Crippen molar-refractivity contribution in [1.29, 1.82) is 0 Å². The van der Waals surface area contributed by atoms with Crippen molar-refractivity contribution < 1.29 is 0 Å². The van der Waals surface area contributed by atoms with Crippen LogP contribution in [0, 0.1) is 6.92 Å². The zero-order valence-electron chi connectivity index (χ0n) is 9.73. The molecular weight excluding hydrogens is 218 g/mol. The van der Waals surface area contributed by atoms with E-state index in [9.17, 15) is 0 Å². The molecule has 86 valence electrons. The van der Waals surface area contributed by atoms with Crippen molar-refractivity contribution in [2.24, 2.45) is 0 Å². The molecule has 0 aliphatic heterocycles. The normalized spacial score (nSPS) is 10.9. The number of rotatable bonds is 5. The van der Waals surface area contributed by atoms with Crippen molar-refractivity contribution in [3.05, 3.63) is 39.8 Å². The highest BCUT2D eigenvalue weighted by Crippen LogP contribution is 2.12. The van der Waals surface area contributed by atoms with Gasteiger partial charge in [0.15, 0.2) is 0 Å². The summed E-state index contributed by atoms with van der Waals surface area (Å²) in [4.78, 5) is 1.34. The Balaban J connectivity index is 2.05.